The summed E-state index contributed by atoms with van der Waals surface area (Å²) in [6.07, 6.45) is 5.48. The maximum atomic E-state index is 9.64. The van der Waals surface area contributed by atoms with Crippen molar-refractivity contribution in [2.45, 2.75) is 58.5 Å². The Hall–Kier alpha value is -0.550. The van der Waals surface area contributed by atoms with Gasteiger partial charge in [0.05, 0.1) is 17.6 Å². The summed E-state index contributed by atoms with van der Waals surface area (Å²) >= 11 is 0. The molecule has 0 amide bonds. The maximum Gasteiger partial charge on any atom is 0.0690 e. The molecule has 14 heavy (non-hydrogen) atoms. The predicted molar refractivity (Wildman–Crippen MR) is 56.6 cm³/mol. The van der Waals surface area contributed by atoms with E-state index in [9.17, 15) is 10.4 Å². The van der Waals surface area contributed by atoms with Gasteiger partial charge in [0.1, 0.15) is 0 Å². The summed E-state index contributed by atoms with van der Waals surface area (Å²) in [4.78, 5) is 0. The summed E-state index contributed by atoms with van der Waals surface area (Å²) in [6.45, 7) is 4.19. The molecule has 1 aliphatic rings. The zero-order valence-corrected chi connectivity index (χ0v) is 9.29. The van der Waals surface area contributed by atoms with Crippen molar-refractivity contribution in [1.82, 2.24) is 0 Å². The Morgan fingerprint density at radius 1 is 1.64 bits per heavy atom. The fourth-order valence-electron chi connectivity index (χ4n) is 2.59. The zero-order valence-electron chi connectivity index (χ0n) is 9.29. The van der Waals surface area contributed by atoms with E-state index in [0.717, 1.165) is 25.7 Å². The van der Waals surface area contributed by atoms with Gasteiger partial charge in [0.25, 0.3) is 0 Å². The van der Waals surface area contributed by atoms with Crippen LogP contribution in [0.1, 0.15) is 52.4 Å². The summed E-state index contributed by atoms with van der Waals surface area (Å²) in [5, 5.41) is 18.9. The van der Waals surface area contributed by atoms with Crippen LogP contribution in [-0.4, -0.2) is 11.2 Å². The van der Waals surface area contributed by atoms with Gasteiger partial charge >= 0.3 is 0 Å². The molecule has 0 heterocycles. The van der Waals surface area contributed by atoms with Crippen LogP contribution in [0.2, 0.25) is 0 Å². The molecule has 1 aliphatic carbocycles. The predicted octanol–water partition coefficient (Wildman–Crippen LogP) is 2.87. The van der Waals surface area contributed by atoms with Crippen molar-refractivity contribution in [3.63, 3.8) is 0 Å². The second-order valence-corrected chi connectivity index (χ2v) is 4.86. The molecule has 0 aromatic rings. The molecule has 3 atom stereocenters. The molecule has 0 radical (unpaired) electrons. The highest BCUT2D eigenvalue weighted by atomic mass is 16.3. The normalized spacial score (nSPS) is 34.9. The summed E-state index contributed by atoms with van der Waals surface area (Å²) in [7, 11) is 0. The SMILES string of the molecule is CCC(O)CC1(C#N)CCCC(C)C1. The summed E-state index contributed by atoms with van der Waals surface area (Å²) in [5.41, 5.74) is -0.229. The first kappa shape index (κ1) is 11.5. The molecule has 1 rings (SSSR count). The molecule has 80 valence electrons. The lowest BCUT2D eigenvalue weighted by Gasteiger charge is -2.35. The van der Waals surface area contributed by atoms with E-state index < -0.39 is 0 Å². The monoisotopic (exact) mass is 195 g/mol. The zero-order chi connectivity index (χ0) is 10.6. The maximum absolute atomic E-state index is 9.64. The van der Waals surface area contributed by atoms with Crippen molar-refractivity contribution >= 4 is 0 Å². The van der Waals surface area contributed by atoms with E-state index in [-0.39, 0.29) is 11.5 Å². The lowest BCUT2D eigenvalue weighted by Crippen LogP contribution is -2.30. The van der Waals surface area contributed by atoms with Gasteiger partial charge < -0.3 is 5.11 Å². The third-order valence-electron chi connectivity index (χ3n) is 3.43. The third kappa shape index (κ3) is 2.72. The van der Waals surface area contributed by atoms with Gasteiger partial charge in [0, 0.05) is 0 Å². The minimum atomic E-state index is -0.292. The highest BCUT2D eigenvalue weighted by Crippen LogP contribution is 2.42. The second-order valence-electron chi connectivity index (χ2n) is 4.86. The van der Waals surface area contributed by atoms with E-state index >= 15 is 0 Å². The number of nitriles is 1. The Labute approximate surface area is 86.9 Å². The Bertz CT molecular complexity index is 221. The average Bonchev–Trinajstić information content (AvgIpc) is 2.17. The van der Waals surface area contributed by atoms with Crippen molar-refractivity contribution in [3.8, 4) is 6.07 Å². The number of aliphatic hydroxyl groups excluding tert-OH is 1. The van der Waals surface area contributed by atoms with Gasteiger partial charge in [-0.3, -0.25) is 0 Å². The molecule has 2 heteroatoms. The highest BCUT2D eigenvalue weighted by Gasteiger charge is 2.36. The van der Waals surface area contributed by atoms with Crippen LogP contribution in [0.3, 0.4) is 0 Å². The number of nitrogens with zero attached hydrogens (tertiary/aromatic N) is 1. The molecule has 2 nitrogen and oxygen atoms in total. The molecule has 0 bridgehead atoms. The van der Waals surface area contributed by atoms with Crippen molar-refractivity contribution in [3.05, 3.63) is 0 Å². The molecule has 1 saturated carbocycles. The van der Waals surface area contributed by atoms with Crippen LogP contribution in [-0.2, 0) is 0 Å². The summed E-state index contributed by atoms with van der Waals surface area (Å²) in [5.74, 6) is 0.646. The van der Waals surface area contributed by atoms with Crippen LogP contribution < -0.4 is 0 Å². The smallest absolute Gasteiger partial charge is 0.0690 e. The van der Waals surface area contributed by atoms with E-state index in [1.54, 1.807) is 0 Å². The molecule has 0 aromatic heterocycles. The standard InChI is InChI=1S/C12H21NO/c1-3-11(14)8-12(9-13)6-4-5-10(2)7-12/h10-11,14H,3-8H2,1-2H3. The molecule has 0 saturated heterocycles. The average molecular weight is 195 g/mol. The number of aliphatic hydroxyl groups is 1. The Morgan fingerprint density at radius 3 is 2.86 bits per heavy atom. The first-order chi connectivity index (χ1) is 6.62. The van der Waals surface area contributed by atoms with E-state index in [1.165, 1.54) is 6.42 Å². The molecule has 0 aliphatic heterocycles. The van der Waals surface area contributed by atoms with Crippen molar-refractivity contribution in [2.24, 2.45) is 11.3 Å². The third-order valence-corrected chi connectivity index (χ3v) is 3.43. The van der Waals surface area contributed by atoms with Gasteiger partial charge in [0.15, 0.2) is 0 Å². The van der Waals surface area contributed by atoms with E-state index in [0.29, 0.717) is 12.3 Å². The van der Waals surface area contributed by atoms with Crippen LogP contribution in [0, 0.1) is 22.7 Å². The fraction of sp³-hybridized carbons (Fsp3) is 0.917. The largest absolute Gasteiger partial charge is 0.393 e. The lowest BCUT2D eigenvalue weighted by atomic mass is 9.68. The lowest BCUT2D eigenvalue weighted by molar-refractivity contribution is 0.0864. The first-order valence-electron chi connectivity index (χ1n) is 5.71. The molecule has 3 unspecified atom stereocenters. The number of rotatable bonds is 3. The van der Waals surface area contributed by atoms with Crippen molar-refractivity contribution in [2.75, 3.05) is 0 Å². The van der Waals surface area contributed by atoms with Gasteiger partial charge in [-0.25, -0.2) is 0 Å². The highest BCUT2D eigenvalue weighted by molar-refractivity contribution is 5.02. The molecule has 1 N–H and O–H groups in total. The molecule has 1 fully saturated rings. The van der Waals surface area contributed by atoms with Gasteiger partial charge in [0.2, 0.25) is 0 Å². The fourth-order valence-corrected chi connectivity index (χ4v) is 2.59. The summed E-state index contributed by atoms with van der Waals surface area (Å²) < 4.78 is 0. The molecule has 0 spiro atoms. The second kappa shape index (κ2) is 4.79. The minimum Gasteiger partial charge on any atom is -0.393 e. The molecular formula is C12H21NO. The minimum absolute atomic E-state index is 0.229. The van der Waals surface area contributed by atoms with Gasteiger partial charge in [-0.15, -0.1) is 0 Å². The van der Waals surface area contributed by atoms with Crippen LogP contribution in [0.4, 0.5) is 0 Å². The van der Waals surface area contributed by atoms with Gasteiger partial charge in [-0.1, -0.05) is 26.7 Å². The van der Waals surface area contributed by atoms with E-state index in [2.05, 4.69) is 13.0 Å². The molecule has 0 aromatic carbocycles. The molecular weight excluding hydrogens is 174 g/mol. The number of hydrogen-bond acceptors (Lipinski definition) is 2. The van der Waals surface area contributed by atoms with Crippen LogP contribution >= 0.6 is 0 Å². The quantitative estimate of drug-likeness (QED) is 0.752. The first-order valence-corrected chi connectivity index (χ1v) is 5.71. The van der Waals surface area contributed by atoms with E-state index in [4.69, 9.17) is 0 Å². The number of hydrogen-bond donors (Lipinski definition) is 1. The van der Waals surface area contributed by atoms with Crippen LogP contribution in [0.5, 0.6) is 0 Å². The van der Waals surface area contributed by atoms with E-state index in [1.807, 2.05) is 6.92 Å². The van der Waals surface area contributed by atoms with Gasteiger partial charge in [-0.2, -0.15) is 5.26 Å². The van der Waals surface area contributed by atoms with Crippen LogP contribution in [0.15, 0.2) is 0 Å². The topological polar surface area (TPSA) is 44.0 Å². The van der Waals surface area contributed by atoms with Crippen LogP contribution in [0.25, 0.3) is 0 Å². The van der Waals surface area contributed by atoms with Crippen molar-refractivity contribution < 1.29 is 5.11 Å². The van der Waals surface area contributed by atoms with Gasteiger partial charge in [-0.05, 0) is 31.6 Å². The van der Waals surface area contributed by atoms with Crippen molar-refractivity contribution in [1.29, 1.82) is 5.26 Å². The Kier molecular flexibility index (Phi) is 3.95. The summed E-state index contributed by atoms with van der Waals surface area (Å²) in [6, 6.07) is 2.45. The Morgan fingerprint density at radius 2 is 2.36 bits per heavy atom. The Balaban J connectivity index is 2.61.